The van der Waals surface area contributed by atoms with E-state index in [4.69, 9.17) is 10.7 Å². The van der Waals surface area contributed by atoms with Gasteiger partial charge in [0.2, 0.25) is 27.8 Å². The fourth-order valence-electron chi connectivity index (χ4n) is 6.30. The first kappa shape index (κ1) is 39.2. The van der Waals surface area contributed by atoms with Crippen molar-refractivity contribution in [2.45, 2.75) is 74.1 Å². The molecule has 2 aromatic carbocycles. The van der Waals surface area contributed by atoms with Crippen LogP contribution in [0.5, 0.6) is 0 Å². The smallest absolute Gasteiger partial charge is 0.276 e. The SMILES string of the molecule is C.CCn1nc(C)cc1C(=O)Nc1nc2cc(C(N)=O)ccc2n1CCCCn1c(NC(=O)c2cc(C)nn2CC)nc2c(N(C)S(C)(=O)=O)cccc21. The summed E-state index contributed by atoms with van der Waals surface area (Å²) in [5, 5.41) is 14.6. The van der Waals surface area contributed by atoms with E-state index in [-0.39, 0.29) is 19.3 Å². The van der Waals surface area contributed by atoms with Crippen LogP contribution in [-0.4, -0.2) is 78.1 Å². The van der Waals surface area contributed by atoms with E-state index in [1.807, 2.05) is 42.9 Å². The van der Waals surface area contributed by atoms with Crippen molar-refractivity contribution in [1.82, 2.24) is 38.7 Å². The zero-order valence-electron chi connectivity index (χ0n) is 30.4. The van der Waals surface area contributed by atoms with Gasteiger partial charge < -0.3 is 14.9 Å². The number of carbonyl (C=O) groups is 3. The summed E-state index contributed by atoms with van der Waals surface area (Å²) in [5.41, 5.74) is 10.6. The van der Waals surface area contributed by atoms with Gasteiger partial charge in [-0.3, -0.25) is 38.7 Å². The van der Waals surface area contributed by atoms with Crippen molar-refractivity contribution in [3.8, 4) is 0 Å². The van der Waals surface area contributed by atoms with Crippen molar-refractivity contribution in [1.29, 1.82) is 0 Å². The molecule has 4 heterocycles. The van der Waals surface area contributed by atoms with Gasteiger partial charge in [-0.1, -0.05) is 13.5 Å². The Kier molecular flexibility index (Phi) is 11.3. The Morgan fingerprint density at radius 2 is 1.33 bits per heavy atom. The molecule has 0 spiro atoms. The first-order valence-electron chi connectivity index (χ1n) is 17.1. The van der Waals surface area contributed by atoms with E-state index in [2.05, 4.69) is 25.8 Å². The third-order valence-electron chi connectivity index (χ3n) is 8.96. The second-order valence-corrected chi connectivity index (χ2v) is 14.7. The average molecular weight is 759 g/mol. The summed E-state index contributed by atoms with van der Waals surface area (Å²) in [6.07, 6.45) is 2.29. The summed E-state index contributed by atoms with van der Waals surface area (Å²) in [4.78, 5) is 48.3. The molecule has 6 rings (SSSR count). The lowest BCUT2D eigenvalue weighted by molar-refractivity contribution is 0.0995. The van der Waals surface area contributed by atoms with E-state index in [1.165, 1.54) is 7.05 Å². The molecule has 0 saturated heterocycles. The van der Waals surface area contributed by atoms with E-state index in [1.54, 1.807) is 51.8 Å². The molecule has 0 saturated carbocycles. The lowest BCUT2D eigenvalue weighted by Crippen LogP contribution is -2.25. The van der Waals surface area contributed by atoms with Gasteiger partial charge >= 0.3 is 0 Å². The minimum Gasteiger partial charge on any atom is -0.366 e. The van der Waals surface area contributed by atoms with Gasteiger partial charge in [-0.25, -0.2) is 18.4 Å². The maximum Gasteiger partial charge on any atom is 0.276 e. The third-order valence-corrected chi connectivity index (χ3v) is 10.2. The summed E-state index contributed by atoms with van der Waals surface area (Å²) in [7, 11) is -2.15. The number of carbonyl (C=O) groups excluding carboxylic acids is 3. The van der Waals surface area contributed by atoms with Gasteiger partial charge in [0, 0.05) is 38.8 Å². The van der Waals surface area contributed by atoms with Gasteiger partial charge in [-0.2, -0.15) is 10.2 Å². The largest absolute Gasteiger partial charge is 0.366 e. The second-order valence-electron chi connectivity index (χ2n) is 12.7. The summed E-state index contributed by atoms with van der Waals surface area (Å²) in [6.45, 7) is 9.25. The van der Waals surface area contributed by atoms with E-state index in [0.717, 1.165) is 10.6 Å². The number of nitrogens with one attached hydrogen (secondary N) is 2. The quantitative estimate of drug-likeness (QED) is 0.133. The van der Waals surface area contributed by atoms with Crippen molar-refractivity contribution >= 4 is 67.4 Å². The molecule has 17 nitrogen and oxygen atoms in total. The topological polar surface area (TPSA) is 210 Å². The number of sulfonamides is 1. The number of benzene rings is 2. The zero-order valence-corrected chi connectivity index (χ0v) is 31.2. The Bertz CT molecular complexity index is 2490. The molecule has 0 radical (unpaired) electrons. The lowest BCUT2D eigenvalue weighted by atomic mass is 10.2. The van der Waals surface area contributed by atoms with Crippen molar-refractivity contribution < 1.29 is 22.8 Å². The number of primary amides is 1. The molecular formula is C36H46N12O5S. The number of hydrogen-bond acceptors (Lipinski definition) is 9. The molecule has 0 aliphatic heterocycles. The lowest BCUT2D eigenvalue weighted by Gasteiger charge is -2.17. The molecule has 6 aromatic rings. The van der Waals surface area contributed by atoms with Crippen LogP contribution >= 0.6 is 0 Å². The molecule has 3 amide bonds. The van der Waals surface area contributed by atoms with Crippen molar-refractivity contribution in [3.63, 3.8) is 0 Å². The minimum absolute atomic E-state index is 0. The van der Waals surface area contributed by atoms with E-state index < -0.39 is 21.8 Å². The molecule has 0 unspecified atom stereocenters. The van der Waals surface area contributed by atoms with Crippen LogP contribution in [0.4, 0.5) is 17.6 Å². The van der Waals surface area contributed by atoms with Gasteiger partial charge in [0.05, 0.1) is 39.9 Å². The number of amides is 3. The summed E-state index contributed by atoms with van der Waals surface area (Å²) < 4.78 is 33.2. The highest BCUT2D eigenvalue weighted by molar-refractivity contribution is 7.92. The molecule has 54 heavy (non-hydrogen) atoms. The Balaban J connectivity index is 0.00000561. The third kappa shape index (κ3) is 7.68. The number of nitrogens with zero attached hydrogens (tertiary/aromatic N) is 9. The Morgan fingerprint density at radius 1 is 0.796 bits per heavy atom. The van der Waals surface area contributed by atoms with Gasteiger partial charge in [0.15, 0.2) is 0 Å². The highest BCUT2D eigenvalue weighted by Crippen LogP contribution is 2.31. The predicted molar refractivity (Wildman–Crippen MR) is 208 cm³/mol. The number of aromatic nitrogens is 8. The first-order valence-corrected chi connectivity index (χ1v) is 19.0. The summed E-state index contributed by atoms with van der Waals surface area (Å²) in [6, 6.07) is 13.6. The standard InChI is InChI=1S/C35H42N12O5S.CH4/c1-7-46-28(18-21(3)41-46)32(49)39-34-37-24-20-23(31(36)48)14-15-25(24)44(34)16-9-10-17-45-27-13-11-12-26(43(5)53(6,51)52)30(27)38-35(45)40-33(50)29-19-22(4)42-47(29)8-2;/h11-15,18-20H,7-10,16-17H2,1-6H3,(H2,36,48)(H,37,39,49)(H,38,40,50);1H4. The van der Waals surface area contributed by atoms with E-state index >= 15 is 0 Å². The van der Waals surface area contributed by atoms with Gasteiger partial charge in [-0.05, 0) is 83.0 Å². The van der Waals surface area contributed by atoms with Crippen LogP contribution in [0.15, 0.2) is 48.5 Å². The fourth-order valence-corrected chi connectivity index (χ4v) is 6.81. The number of anilines is 3. The fraction of sp³-hybridized carbons (Fsp3) is 0.361. The Labute approximate surface area is 313 Å². The van der Waals surface area contributed by atoms with Gasteiger partial charge in [0.25, 0.3) is 11.8 Å². The molecule has 4 aromatic heterocycles. The number of hydrogen-bond donors (Lipinski definition) is 3. The monoisotopic (exact) mass is 758 g/mol. The number of unbranched alkanes of at least 4 members (excludes halogenated alkanes) is 1. The predicted octanol–water partition coefficient (Wildman–Crippen LogP) is 4.55. The van der Waals surface area contributed by atoms with Crippen LogP contribution in [0.3, 0.4) is 0 Å². The minimum atomic E-state index is -3.61. The molecular weight excluding hydrogens is 713 g/mol. The van der Waals surface area contributed by atoms with Gasteiger partial charge in [0.1, 0.15) is 16.9 Å². The molecule has 0 bridgehead atoms. The van der Waals surface area contributed by atoms with Crippen molar-refractivity contribution in [2.24, 2.45) is 5.73 Å². The molecule has 286 valence electrons. The molecule has 0 fully saturated rings. The number of rotatable bonds is 14. The summed E-state index contributed by atoms with van der Waals surface area (Å²) in [5.74, 6) is -0.819. The van der Waals surface area contributed by atoms with Crippen LogP contribution in [0, 0.1) is 13.8 Å². The molecule has 0 aliphatic rings. The number of fused-ring (bicyclic) bond motifs is 2. The number of imidazole rings is 2. The number of nitrogens with two attached hydrogens (primary N) is 1. The van der Waals surface area contributed by atoms with Crippen molar-refractivity contribution in [2.75, 3.05) is 28.2 Å². The van der Waals surface area contributed by atoms with E-state index in [9.17, 15) is 22.8 Å². The molecule has 0 atom stereocenters. The van der Waals surface area contributed by atoms with Crippen LogP contribution in [0.1, 0.15) is 76.8 Å². The van der Waals surface area contributed by atoms with Crippen LogP contribution in [-0.2, 0) is 36.2 Å². The van der Waals surface area contributed by atoms with Gasteiger partial charge in [-0.15, -0.1) is 0 Å². The second kappa shape index (κ2) is 15.5. The summed E-state index contributed by atoms with van der Waals surface area (Å²) >= 11 is 0. The van der Waals surface area contributed by atoms with E-state index in [0.29, 0.717) is 101 Å². The maximum atomic E-state index is 13.5. The number of para-hydroxylation sites is 1. The highest BCUT2D eigenvalue weighted by atomic mass is 32.2. The zero-order chi connectivity index (χ0) is 38.2. The normalized spacial score (nSPS) is 11.5. The molecule has 4 N–H and O–H groups in total. The first-order chi connectivity index (χ1) is 25.2. The Morgan fingerprint density at radius 3 is 1.85 bits per heavy atom. The van der Waals surface area contributed by atoms with Crippen molar-refractivity contribution in [3.05, 3.63) is 76.9 Å². The average Bonchev–Trinajstić information content (AvgIpc) is 3.87. The van der Waals surface area contributed by atoms with Crippen LogP contribution in [0.2, 0.25) is 0 Å². The number of aryl methyl sites for hydroxylation is 6. The van der Waals surface area contributed by atoms with Crippen LogP contribution < -0.4 is 20.7 Å². The Hall–Kier alpha value is -6.04. The molecule has 18 heteroatoms. The van der Waals surface area contributed by atoms with Crippen LogP contribution in [0.25, 0.3) is 22.1 Å². The highest BCUT2D eigenvalue weighted by Gasteiger charge is 2.23. The molecule has 0 aliphatic carbocycles. The maximum absolute atomic E-state index is 13.5.